The summed E-state index contributed by atoms with van der Waals surface area (Å²) in [6.45, 7) is 8.72. The molecule has 0 aromatic heterocycles. The van der Waals surface area contributed by atoms with Crippen LogP contribution in [0, 0.1) is 12.8 Å². The van der Waals surface area contributed by atoms with Crippen LogP contribution < -0.4 is 0 Å². The Balaban J connectivity index is 2.32. The fourth-order valence-electron chi connectivity index (χ4n) is 2.59. The van der Waals surface area contributed by atoms with E-state index >= 15 is 0 Å². The highest BCUT2D eigenvalue weighted by Crippen LogP contribution is 2.30. The van der Waals surface area contributed by atoms with Crippen molar-refractivity contribution in [3.05, 3.63) is 41.5 Å². The predicted molar refractivity (Wildman–Crippen MR) is 82.1 cm³/mol. The van der Waals surface area contributed by atoms with Gasteiger partial charge >= 0.3 is 0 Å². The third-order valence-electron chi connectivity index (χ3n) is 3.79. The van der Waals surface area contributed by atoms with Crippen LogP contribution in [0.5, 0.6) is 0 Å². The Kier molecular flexibility index (Phi) is 4.35. The average Bonchev–Trinajstić information content (AvgIpc) is 2.71. The van der Waals surface area contributed by atoms with Gasteiger partial charge in [-0.3, -0.25) is 0 Å². The molecular weight excluding hydrogens is 270 g/mol. The molecule has 1 unspecified atom stereocenters. The predicted octanol–water partition coefficient (Wildman–Crippen LogP) is 3.36. The molecule has 0 radical (unpaired) electrons. The maximum atomic E-state index is 12.8. The minimum atomic E-state index is -3.40. The molecule has 1 aromatic carbocycles. The van der Waals surface area contributed by atoms with E-state index in [0.29, 0.717) is 17.4 Å². The van der Waals surface area contributed by atoms with Crippen molar-refractivity contribution in [2.75, 3.05) is 6.54 Å². The molecule has 0 aliphatic carbocycles. The first-order valence-electron chi connectivity index (χ1n) is 7.07. The lowest BCUT2D eigenvalue weighted by molar-refractivity contribution is 0.352. The van der Waals surface area contributed by atoms with Crippen LogP contribution in [0.25, 0.3) is 0 Å². The van der Waals surface area contributed by atoms with Gasteiger partial charge in [-0.2, -0.15) is 4.31 Å². The van der Waals surface area contributed by atoms with Gasteiger partial charge in [-0.05, 0) is 38.3 Å². The number of sulfonamides is 1. The molecule has 0 N–H and O–H groups in total. The quantitative estimate of drug-likeness (QED) is 0.798. The summed E-state index contributed by atoms with van der Waals surface area (Å²) in [6.07, 6.45) is 2.90. The van der Waals surface area contributed by atoms with Gasteiger partial charge in [0.1, 0.15) is 0 Å². The Bertz CT molecular complexity index is 600. The summed E-state index contributed by atoms with van der Waals surface area (Å²) in [5, 5.41) is 0. The molecular formula is C16H23NO2S. The topological polar surface area (TPSA) is 37.4 Å². The number of rotatable bonds is 4. The summed E-state index contributed by atoms with van der Waals surface area (Å²) in [5.74, 6) is 0.470. The fourth-order valence-corrected chi connectivity index (χ4v) is 4.19. The highest BCUT2D eigenvalue weighted by molar-refractivity contribution is 7.89. The van der Waals surface area contributed by atoms with Crippen LogP contribution in [0.2, 0.25) is 0 Å². The second kappa shape index (κ2) is 5.70. The van der Waals surface area contributed by atoms with E-state index in [-0.39, 0.29) is 6.04 Å². The normalized spacial score (nSPS) is 20.4. The lowest BCUT2D eigenvalue weighted by Gasteiger charge is -2.27. The first-order chi connectivity index (χ1) is 9.32. The first kappa shape index (κ1) is 15.3. The minimum absolute atomic E-state index is 0.00121. The molecule has 1 aliphatic rings. The van der Waals surface area contributed by atoms with Crippen LogP contribution in [0.3, 0.4) is 0 Å². The molecule has 2 rings (SSSR count). The molecule has 0 fully saturated rings. The maximum absolute atomic E-state index is 12.8. The molecule has 0 amide bonds. The summed E-state index contributed by atoms with van der Waals surface area (Å²) in [7, 11) is -3.40. The van der Waals surface area contributed by atoms with Crippen LogP contribution in [0.4, 0.5) is 0 Å². The number of hydrogen-bond donors (Lipinski definition) is 0. The number of nitrogens with zero attached hydrogens (tertiary/aromatic N) is 1. The van der Waals surface area contributed by atoms with Crippen LogP contribution in [-0.2, 0) is 10.0 Å². The van der Waals surface area contributed by atoms with Crippen molar-refractivity contribution in [3.8, 4) is 0 Å². The molecule has 110 valence electrons. The van der Waals surface area contributed by atoms with Gasteiger partial charge in [-0.15, -0.1) is 0 Å². The second-order valence-corrected chi connectivity index (χ2v) is 7.87. The second-order valence-electron chi connectivity index (χ2n) is 5.98. The Morgan fingerprint density at radius 2 is 1.80 bits per heavy atom. The van der Waals surface area contributed by atoms with Gasteiger partial charge in [0.15, 0.2) is 0 Å². The van der Waals surface area contributed by atoms with Gasteiger partial charge in [0, 0.05) is 12.6 Å². The number of hydrogen-bond acceptors (Lipinski definition) is 2. The van der Waals surface area contributed by atoms with E-state index in [0.717, 1.165) is 17.6 Å². The van der Waals surface area contributed by atoms with Crippen LogP contribution >= 0.6 is 0 Å². The summed E-state index contributed by atoms with van der Waals surface area (Å²) in [5.41, 5.74) is 2.23. The monoisotopic (exact) mass is 293 g/mol. The molecule has 0 spiro atoms. The summed E-state index contributed by atoms with van der Waals surface area (Å²) in [4.78, 5) is 0.389. The zero-order valence-corrected chi connectivity index (χ0v) is 13.4. The van der Waals surface area contributed by atoms with E-state index in [1.165, 1.54) is 0 Å². The van der Waals surface area contributed by atoms with Crippen molar-refractivity contribution in [2.45, 2.75) is 45.1 Å². The summed E-state index contributed by atoms with van der Waals surface area (Å²) >= 11 is 0. The van der Waals surface area contributed by atoms with Crippen molar-refractivity contribution in [1.82, 2.24) is 4.31 Å². The summed E-state index contributed by atoms with van der Waals surface area (Å²) in [6, 6.07) is 7.10. The SMILES string of the molecule is CC1=CCN(S(=O)(=O)c2ccc(C)cc2)C1CC(C)C. The minimum Gasteiger partial charge on any atom is -0.207 e. The number of aryl methyl sites for hydroxylation is 1. The van der Waals surface area contributed by atoms with Crippen LogP contribution in [-0.4, -0.2) is 25.3 Å². The van der Waals surface area contributed by atoms with Crippen LogP contribution in [0.1, 0.15) is 32.8 Å². The first-order valence-corrected chi connectivity index (χ1v) is 8.51. The Hall–Kier alpha value is -1.13. The van der Waals surface area contributed by atoms with Gasteiger partial charge in [0.2, 0.25) is 10.0 Å². The van der Waals surface area contributed by atoms with E-state index in [1.807, 2.05) is 32.1 Å². The molecule has 1 aliphatic heterocycles. The zero-order chi connectivity index (χ0) is 14.9. The lowest BCUT2D eigenvalue weighted by Crippen LogP contribution is -2.38. The molecule has 1 atom stereocenters. The van der Waals surface area contributed by atoms with Gasteiger partial charge in [-0.1, -0.05) is 43.2 Å². The van der Waals surface area contributed by atoms with Gasteiger partial charge < -0.3 is 0 Å². The largest absolute Gasteiger partial charge is 0.243 e. The molecule has 1 heterocycles. The van der Waals surface area contributed by atoms with Gasteiger partial charge in [-0.25, -0.2) is 8.42 Å². The highest BCUT2D eigenvalue weighted by atomic mass is 32.2. The molecule has 4 heteroatoms. The van der Waals surface area contributed by atoms with Crippen molar-refractivity contribution in [1.29, 1.82) is 0 Å². The number of benzene rings is 1. The smallest absolute Gasteiger partial charge is 0.207 e. The van der Waals surface area contributed by atoms with E-state index in [2.05, 4.69) is 13.8 Å². The molecule has 0 saturated carbocycles. The zero-order valence-electron chi connectivity index (χ0n) is 12.6. The van der Waals surface area contributed by atoms with E-state index in [9.17, 15) is 8.42 Å². The standard InChI is InChI=1S/C16H23NO2S/c1-12(2)11-16-14(4)9-10-17(16)20(18,19)15-7-5-13(3)6-8-15/h5-9,12,16H,10-11H2,1-4H3. The van der Waals surface area contributed by atoms with E-state index in [1.54, 1.807) is 16.4 Å². The van der Waals surface area contributed by atoms with Crippen LogP contribution in [0.15, 0.2) is 40.8 Å². The molecule has 0 saturated heterocycles. The molecule has 1 aromatic rings. The van der Waals surface area contributed by atoms with Gasteiger partial charge in [0.05, 0.1) is 4.90 Å². The average molecular weight is 293 g/mol. The molecule has 3 nitrogen and oxygen atoms in total. The lowest BCUT2D eigenvalue weighted by atomic mass is 10.00. The van der Waals surface area contributed by atoms with E-state index < -0.39 is 10.0 Å². The van der Waals surface area contributed by atoms with Crippen molar-refractivity contribution >= 4 is 10.0 Å². The van der Waals surface area contributed by atoms with Crippen molar-refractivity contribution < 1.29 is 8.42 Å². The Labute approximate surface area is 122 Å². The molecule has 0 bridgehead atoms. The third-order valence-corrected chi connectivity index (χ3v) is 5.68. The molecule has 20 heavy (non-hydrogen) atoms. The fraction of sp³-hybridized carbons (Fsp3) is 0.500. The van der Waals surface area contributed by atoms with E-state index in [4.69, 9.17) is 0 Å². The Morgan fingerprint density at radius 1 is 1.20 bits per heavy atom. The summed E-state index contributed by atoms with van der Waals surface area (Å²) < 4.78 is 27.2. The van der Waals surface area contributed by atoms with Gasteiger partial charge in [0.25, 0.3) is 0 Å². The highest BCUT2D eigenvalue weighted by Gasteiger charge is 2.35. The Morgan fingerprint density at radius 3 is 2.35 bits per heavy atom. The maximum Gasteiger partial charge on any atom is 0.243 e. The van der Waals surface area contributed by atoms with Crippen molar-refractivity contribution in [3.63, 3.8) is 0 Å². The third kappa shape index (κ3) is 2.96. The van der Waals surface area contributed by atoms with Crippen molar-refractivity contribution in [2.24, 2.45) is 5.92 Å².